The molecule has 1 aromatic rings. The van der Waals surface area contributed by atoms with Crippen LogP contribution in [-0.2, 0) is 20.7 Å². The Balaban J connectivity index is 2.89. The zero-order valence-corrected chi connectivity index (χ0v) is 11.6. The number of esters is 1. The quantitative estimate of drug-likeness (QED) is 0.615. The Kier molecular flexibility index (Phi) is 5.25. The van der Waals surface area contributed by atoms with Gasteiger partial charge in [0.1, 0.15) is 5.75 Å². The number of ketones is 1. The van der Waals surface area contributed by atoms with Gasteiger partial charge in [-0.1, -0.05) is 0 Å². The number of amides is 1. The molecule has 6 nitrogen and oxygen atoms in total. The van der Waals surface area contributed by atoms with Crippen LogP contribution in [0, 0.1) is 0 Å². The van der Waals surface area contributed by atoms with Crippen LogP contribution < -0.4 is 10.5 Å². The molecule has 0 saturated carbocycles. The van der Waals surface area contributed by atoms with Crippen molar-refractivity contribution in [3.05, 3.63) is 29.3 Å². The summed E-state index contributed by atoms with van der Waals surface area (Å²) in [5.74, 6) is -0.982. The van der Waals surface area contributed by atoms with Crippen LogP contribution in [0.25, 0.3) is 0 Å². The van der Waals surface area contributed by atoms with Crippen LogP contribution in [-0.4, -0.2) is 30.9 Å². The van der Waals surface area contributed by atoms with Crippen molar-refractivity contribution in [1.29, 1.82) is 0 Å². The van der Waals surface area contributed by atoms with E-state index in [-0.39, 0.29) is 12.2 Å². The third kappa shape index (κ3) is 4.08. The molecule has 1 rings (SSSR count). The standard InChI is InChI=1S/C14H17NO5/c1-8(16)10-4-5-12(19-3)11(6-10)7-13(17)20-9(2)14(15)18/h4-6,9H,7H2,1-3H3,(H2,15,18)/t9-/m1/s1. The highest BCUT2D eigenvalue weighted by molar-refractivity contribution is 5.94. The van der Waals surface area contributed by atoms with Crippen LogP contribution in [0.1, 0.15) is 29.8 Å². The second-order valence-corrected chi connectivity index (χ2v) is 4.29. The molecule has 0 aliphatic heterocycles. The summed E-state index contributed by atoms with van der Waals surface area (Å²) in [6.45, 7) is 2.82. The molecule has 0 fully saturated rings. The van der Waals surface area contributed by atoms with Gasteiger partial charge in [0.15, 0.2) is 11.9 Å². The van der Waals surface area contributed by atoms with Crippen LogP contribution >= 0.6 is 0 Å². The average molecular weight is 279 g/mol. The average Bonchev–Trinajstić information content (AvgIpc) is 2.38. The number of hydrogen-bond donors (Lipinski definition) is 1. The molecule has 0 radical (unpaired) electrons. The molecule has 20 heavy (non-hydrogen) atoms. The molecule has 2 N–H and O–H groups in total. The third-order valence-electron chi connectivity index (χ3n) is 2.73. The highest BCUT2D eigenvalue weighted by Crippen LogP contribution is 2.21. The Bertz CT molecular complexity index is 538. The van der Waals surface area contributed by atoms with E-state index in [1.807, 2.05) is 0 Å². The smallest absolute Gasteiger partial charge is 0.311 e. The molecule has 0 spiro atoms. The van der Waals surface area contributed by atoms with Crippen LogP contribution in [0.15, 0.2) is 18.2 Å². The zero-order valence-electron chi connectivity index (χ0n) is 11.6. The zero-order chi connectivity index (χ0) is 15.3. The minimum atomic E-state index is -0.996. The lowest BCUT2D eigenvalue weighted by molar-refractivity contribution is -0.153. The van der Waals surface area contributed by atoms with E-state index in [0.717, 1.165) is 0 Å². The Labute approximate surface area is 116 Å². The number of methoxy groups -OCH3 is 1. The van der Waals surface area contributed by atoms with Crippen molar-refractivity contribution < 1.29 is 23.9 Å². The fourth-order valence-electron chi connectivity index (χ4n) is 1.59. The Morgan fingerprint density at radius 1 is 1.30 bits per heavy atom. The topological polar surface area (TPSA) is 95.7 Å². The Hall–Kier alpha value is -2.37. The summed E-state index contributed by atoms with van der Waals surface area (Å²) >= 11 is 0. The number of ether oxygens (including phenoxy) is 2. The molecule has 0 aromatic heterocycles. The van der Waals surface area contributed by atoms with Gasteiger partial charge in [-0.3, -0.25) is 14.4 Å². The molecule has 1 amide bonds. The van der Waals surface area contributed by atoms with E-state index < -0.39 is 18.0 Å². The summed E-state index contributed by atoms with van der Waals surface area (Å²) in [5.41, 5.74) is 6.00. The van der Waals surface area contributed by atoms with Gasteiger partial charge in [0, 0.05) is 11.1 Å². The third-order valence-corrected chi connectivity index (χ3v) is 2.73. The highest BCUT2D eigenvalue weighted by Gasteiger charge is 2.17. The minimum Gasteiger partial charge on any atom is -0.496 e. The summed E-state index contributed by atoms with van der Waals surface area (Å²) < 4.78 is 9.98. The molecule has 0 aliphatic rings. The predicted molar refractivity (Wildman–Crippen MR) is 71.5 cm³/mol. The number of Topliss-reactive ketones (excluding diaryl/α,β-unsaturated/α-hetero) is 1. The molecular formula is C14H17NO5. The van der Waals surface area contributed by atoms with Crippen LogP contribution in [0.5, 0.6) is 5.75 Å². The number of primary amides is 1. The molecule has 1 atom stereocenters. The summed E-state index contributed by atoms with van der Waals surface area (Å²) in [6.07, 6.45) is -1.11. The van der Waals surface area contributed by atoms with Gasteiger partial charge < -0.3 is 15.2 Å². The Morgan fingerprint density at radius 2 is 1.95 bits per heavy atom. The van der Waals surface area contributed by atoms with Gasteiger partial charge >= 0.3 is 5.97 Å². The number of carbonyl (C=O) groups excluding carboxylic acids is 3. The molecule has 0 saturated heterocycles. The molecule has 1 aromatic carbocycles. The maximum absolute atomic E-state index is 11.7. The number of benzene rings is 1. The lowest BCUT2D eigenvalue weighted by Gasteiger charge is -2.12. The van der Waals surface area contributed by atoms with Crippen LogP contribution in [0.3, 0.4) is 0 Å². The van der Waals surface area contributed by atoms with Crippen molar-refractivity contribution in [1.82, 2.24) is 0 Å². The van der Waals surface area contributed by atoms with Crippen molar-refractivity contribution in [2.75, 3.05) is 7.11 Å². The van der Waals surface area contributed by atoms with E-state index in [1.165, 1.54) is 21.0 Å². The molecule has 0 heterocycles. The van der Waals surface area contributed by atoms with E-state index >= 15 is 0 Å². The van der Waals surface area contributed by atoms with E-state index in [4.69, 9.17) is 15.2 Å². The SMILES string of the molecule is COc1ccc(C(C)=O)cc1CC(=O)O[C@H](C)C(N)=O. The number of rotatable bonds is 6. The fraction of sp³-hybridized carbons (Fsp3) is 0.357. The van der Waals surface area contributed by atoms with Crippen LogP contribution in [0.2, 0.25) is 0 Å². The molecule has 0 unspecified atom stereocenters. The number of carbonyl (C=O) groups is 3. The minimum absolute atomic E-state index is 0.109. The van der Waals surface area contributed by atoms with Crippen LogP contribution in [0.4, 0.5) is 0 Å². The second kappa shape index (κ2) is 6.70. The van der Waals surface area contributed by atoms with Gasteiger partial charge in [-0.2, -0.15) is 0 Å². The summed E-state index contributed by atoms with van der Waals surface area (Å²) in [5, 5.41) is 0. The van der Waals surface area contributed by atoms with Crippen molar-refractivity contribution in [3.8, 4) is 5.75 Å². The van der Waals surface area contributed by atoms with Crippen molar-refractivity contribution >= 4 is 17.7 Å². The van der Waals surface area contributed by atoms with Gasteiger partial charge in [0.2, 0.25) is 0 Å². The largest absolute Gasteiger partial charge is 0.496 e. The Morgan fingerprint density at radius 3 is 2.45 bits per heavy atom. The highest BCUT2D eigenvalue weighted by atomic mass is 16.5. The first-order chi connectivity index (χ1) is 9.35. The van der Waals surface area contributed by atoms with E-state index in [9.17, 15) is 14.4 Å². The van der Waals surface area contributed by atoms with Crippen molar-refractivity contribution in [2.45, 2.75) is 26.4 Å². The summed E-state index contributed by atoms with van der Waals surface area (Å²) in [7, 11) is 1.46. The fourth-order valence-corrected chi connectivity index (χ4v) is 1.59. The normalized spacial score (nSPS) is 11.6. The lowest BCUT2D eigenvalue weighted by atomic mass is 10.0. The predicted octanol–water partition coefficient (Wildman–Crippen LogP) is 0.857. The van der Waals surface area contributed by atoms with E-state index in [0.29, 0.717) is 16.9 Å². The number of hydrogen-bond acceptors (Lipinski definition) is 5. The first-order valence-electron chi connectivity index (χ1n) is 6.01. The van der Waals surface area contributed by atoms with Gasteiger partial charge in [0.25, 0.3) is 5.91 Å². The summed E-state index contributed by atoms with van der Waals surface area (Å²) in [6, 6.07) is 4.79. The number of nitrogens with two attached hydrogens (primary N) is 1. The summed E-state index contributed by atoms with van der Waals surface area (Å²) in [4.78, 5) is 33.9. The molecule has 0 aliphatic carbocycles. The first-order valence-corrected chi connectivity index (χ1v) is 6.01. The van der Waals surface area contributed by atoms with Crippen molar-refractivity contribution in [3.63, 3.8) is 0 Å². The first kappa shape index (κ1) is 15.7. The monoisotopic (exact) mass is 279 g/mol. The molecular weight excluding hydrogens is 262 g/mol. The maximum atomic E-state index is 11.7. The molecule has 108 valence electrons. The molecule has 6 heteroatoms. The maximum Gasteiger partial charge on any atom is 0.311 e. The van der Waals surface area contributed by atoms with Gasteiger partial charge in [-0.15, -0.1) is 0 Å². The molecule has 0 bridgehead atoms. The van der Waals surface area contributed by atoms with E-state index in [2.05, 4.69) is 0 Å². The lowest BCUT2D eigenvalue weighted by Crippen LogP contribution is -2.31. The van der Waals surface area contributed by atoms with E-state index in [1.54, 1.807) is 18.2 Å². The van der Waals surface area contributed by atoms with Gasteiger partial charge in [-0.05, 0) is 32.0 Å². The second-order valence-electron chi connectivity index (χ2n) is 4.29. The van der Waals surface area contributed by atoms with Gasteiger partial charge in [0.05, 0.1) is 13.5 Å². The van der Waals surface area contributed by atoms with Crippen molar-refractivity contribution in [2.24, 2.45) is 5.73 Å². The van der Waals surface area contributed by atoms with Gasteiger partial charge in [-0.25, -0.2) is 0 Å².